The normalized spacial score (nSPS) is 11.5. The van der Waals surface area contributed by atoms with Crippen molar-refractivity contribution in [3.05, 3.63) is 65.1 Å². The van der Waals surface area contributed by atoms with Crippen molar-refractivity contribution < 1.29 is 9.53 Å². The molecule has 3 aromatic heterocycles. The molecule has 0 atom stereocenters. The average molecular weight is 404 g/mol. The molecule has 0 saturated carbocycles. The number of hydrogen-bond acceptors (Lipinski definition) is 5. The second-order valence-corrected chi connectivity index (χ2v) is 7.69. The quantitative estimate of drug-likeness (QED) is 0.455. The van der Waals surface area contributed by atoms with Gasteiger partial charge in [0.1, 0.15) is 5.65 Å². The van der Waals surface area contributed by atoms with Crippen molar-refractivity contribution in [2.75, 3.05) is 6.61 Å². The lowest BCUT2D eigenvalue weighted by Crippen LogP contribution is -2.21. The first-order valence-corrected chi connectivity index (χ1v) is 10.1. The second-order valence-electron chi connectivity index (χ2n) is 7.69. The average Bonchev–Trinajstić information content (AvgIpc) is 3.17. The molecular weight excluding hydrogens is 380 g/mol. The van der Waals surface area contributed by atoms with Crippen LogP contribution in [0.3, 0.4) is 0 Å². The Morgan fingerprint density at radius 3 is 2.70 bits per heavy atom. The van der Waals surface area contributed by atoms with E-state index in [2.05, 4.69) is 23.8 Å². The van der Waals surface area contributed by atoms with Crippen LogP contribution in [0.1, 0.15) is 37.7 Å². The van der Waals surface area contributed by atoms with Crippen LogP contribution in [-0.2, 0) is 11.3 Å². The van der Waals surface area contributed by atoms with Crippen LogP contribution in [-0.4, -0.2) is 31.5 Å². The smallest absolute Gasteiger partial charge is 0.358 e. The van der Waals surface area contributed by atoms with Gasteiger partial charge in [-0.1, -0.05) is 19.9 Å². The molecule has 7 heteroatoms. The van der Waals surface area contributed by atoms with Crippen molar-refractivity contribution in [1.82, 2.24) is 18.9 Å². The van der Waals surface area contributed by atoms with Crippen LogP contribution in [0.5, 0.6) is 0 Å². The monoisotopic (exact) mass is 404 g/mol. The molecule has 1 aromatic carbocycles. The molecule has 0 saturated heterocycles. The number of ether oxygens (including phenoxy) is 1. The van der Waals surface area contributed by atoms with E-state index in [1.165, 1.54) is 0 Å². The van der Waals surface area contributed by atoms with E-state index in [9.17, 15) is 9.59 Å². The molecule has 0 aliphatic rings. The summed E-state index contributed by atoms with van der Waals surface area (Å²) < 4.78 is 8.49. The van der Waals surface area contributed by atoms with Crippen LogP contribution in [0.4, 0.5) is 0 Å². The van der Waals surface area contributed by atoms with Gasteiger partial charge in [-0.3, -0.25) is 9.36 Å². The van der Waals surface area contributed by atoms with Gasteiger partial charge >= 0.3 is 5.97 Å². The van der Waals surface area contributed by atoms with E-state index in [4.69, 9.17) is 4.74 Å². The molecule has 0 aliphatic heterocycles. The minimum absolute atomic E-state index is 0.0317. The third-order valence-corrected chi connectivity index (χ3v) is 5.04. The van der Waals surface area contributed by atoms with E-state index >= 15 is 0 Å². The summed E-state index contributed by atoms with van der Waals surface area (Å²) in [6, 6.07) is 9.44. The summed E-state index contributed by atoms with van der Waals surface area (Å²) >= 11 is 0. The number of pyridine rings is 1. The highest BCUT2D eigenvalue weighted by Gasteiger charge is 2.13. The van der Waals surface area contributed by atoms with E-state index in [-0.39, 0.29) is 11.3 Å². The van der Waals surface area contributed by atoms with Crippen LogP contribution in [0.2, 0.25) is 0 Å². The number of fused-ring (bicyclic) bond motifs is 2. The molecule has 0 bridgehead atoms. The number of rotatable bonds is 6. The van der Waals surface area contributed by atoms with Crippen LogP contribution < -0.4 is 5.56 Å². The third-order valence-electron chi connectivity index (χ3n) is 5.04. The van der Waals surface area contributed by atoms with Gasteiger partial charge in [-0.15, -0.1) is 0 Å². The lowest BCUT2D eigenvalue weighted by molar-refractivity contribution is 0.0520. The fraction of sp³-hybridized carbons (Fsp3) is 0.304. The maximum atomic E-state index is 12.9. The fourth-order valence-corrected chi connectivity index (χ4v) is 3.36. The highest BCUT2D eigenvalue weighted by atomic mass is 16.5. The van der Waals surface area contributed by atoms with Crippen LogP contribution in [0, 0.1) is 5.92 Å². The molecule has 4 aromatic rings. The van der Waals surface area contributed by atoms with Gasteiger partial charge in [0.05, 0.1) is 23.8 Å². The summed E-state index contributed by atoms with van der Waals surface area (Å²) in [4.78, 5) is 33.6. The molecule has 0 fully saturated rings. The molecule has 0 amide bonds. The Labute approximate surface area is 174 Å². The summed E-state index contributed by atoms with van der Waals surface area (Å²) in [6.07, 6.45) is 6.09. The second kappa shape index (κ2) is 8.10. The summed E-state index contributed by atoms with van der Waals surface area (Å²) in [6.45, 7) is 6.99. The molecule has 30 heavy (non-hydrogen) atoms. The predicted molar refractivity (Wildman–Crippen MR) is 116 cm³/mol. The molecule has 0 N–H and O–H groups in total. The Morgan fingerprint density at radius 2 is 1.93 bits per heavy atom. The van der Waals surface area contributed by atoms with Gasteiger partial charge in [-0.25, -0.2) is 14.8 Å². The van der Waals surface area contributed by atoms with E-state index in [1.54, 1.807) is 28.4 Å². The summed E-state index contributed by atoms with van der Waals surface area (Å²) in [7, 11) is 0. The molecule has 0 aliphatic carbocycles. The van der Waals surface area contributed by atoms with Gasteiger partial charge in [0.25, 0.3) is 5.56 Å². The van der Waals surface area contributed by atoms with Gasteiger partial charge < -0.3 is 9.14 Å². The number of hydrogen-bond donors (Lipinski definition) is 0. The molecule has 0 radical (unpaired) electrons. The lowest BCUT2D eigenvalue weighted by atomic mass is 10.1. The fourth-order valence-electron chi connectivity index (χ4n) is 3.36. The number of aromatic nitrogens is 4. The number of imidazole rings is 1. The Hall–Kier alpha value is -3.48. The number of aryl methyl sites for hydroxylation is 1. The van der Waals surface area contributed by atoms with Crippen LogP contribution in [0.25, 0.3) is 27.7 Å². The first-order valence-electron chi connectivity index (χ1n) is 10.1. The number of nitrogens with zero attached hydrogens (tertiary/aromatic N) is 4. The largest absolute Gasteiger partial charge is 0.461 e. The van der Waals surface area contributed by atoms with Crippen molar-refractivity contribution in [1.29, 1.82) is 0 Å². The van der Waals surface area contributed by atoms with E-state index < -0.39 is 5.97 Å². The molecule has 4 rings (SSSR count). The molecule has 7 nitrogen and oxygen atoms in total. The molecule has 3 heterocycles. The summed E-state index contributed by atoms with van der Waals surface area (Å²) in [5.41, 5.74) is 3.38. The van der Waals surface area contributed by atoms with Gasteiger partial charge in [-0.2, -0.15) is 0 Å². The zero-order valence-corrected chi connectivity index (χ0v) is 17.3. The first kappa shape index (κ1) is 19.8. The van der Waals surface area contributed by atoms with Crippen molar-refractivity contribution in [3.8, 4) is 11.1 Å². The maximum absolute atomic E-state index is 12.9. The SMILES string of the molecule is CCOC(=O)c1cn2cc(-c3ccc4ncn(CCC(C)C)c(=O)c4c3)ccc2n1. The number of carbonyl (C=O) groups excluding carboxylic acids is 1. The van der Waals surface area contributed by atoms with Gasteiger partial charge in [0, 0.05) is 18.9 Å². The Balaban J connectivity index is 1.73. The minimum atomic E-state index is -0.443. The highest BCUT2D eigenvalue weighted by Crippen LogP contribution is 2.23. The van der Waals surface area contributed by atoms with Crippen molar-refractivity contribution in [2.45, 2.75) is 33.7 Å². The maximum Gasteiger partial charge on any atom is 0.358 e. The lowest BCUT2D eigenvalue weighted by Gasteiger charge is -2.09. The van der Waals surface area contributed by atoms with Crippen LogP contribution in [0.15, 0.2) is 53.8 Å². The van der Waals surface area contributed by atoms with Gasteiger partial charge in [0.15, 0.2) is 5.69 Å². The molecular formula is C23H24N4O3. The van der Waals surface area contributed by atoms with Crippen molar-refractivity contribution in [2.24, 2.45) is 5.92 Å². The molecule has 154 valence electrons. The summed E-state index contributed by atoms with van der Waals surface area (Å²) in [5, 5.41) is 0.594. The summed E-state index contributed by atoms with van der Waals surface area (Å²) in [5.74, 6) is 0.0711. The van der Waals surface area contributed by atoms with Crippen LogP contribution >= 0.6 is 0 Å². The zero-order valence-electron chi connectivity index (χ0n) is 17.3. The minimum Gasteiger partial charge on any atom is -0.461 e. The first-order chi connectivity index (χ1) is 14.5. The van der Waals surface area contributed by atoms with E-state index in [0.29, 0.717) is 35.6 Å². The molecule has 0 unspecified atom stereocenters. The number of benzene rings is 1. The standard InChI is InChI=1S/C23H24N4O3/c1-4-30-23(29)20-13-27-12-17(6-8-21(27)25-20)16-5-7-19-18(11-16)22(28)26(14-24-19)10-9-15(2)3/h5-8,11-15H,4,9-10H2,1-3H3. The Morgan fingerprint density at radius 1 is 1.13 bits per heavy atom. The van der Waals surface area contributed by atoms with E-state index in [1.807, 2.05) is 36.5 Å². The number of esters is 1. The van der Waals surface area contributed by atoms with Gasteiger partial charge in [0.2, 0.25) is 0 Å². The predicted octanol–water partition coefficient (Wildman–Crippen LogP) is 3.93. The third kappa shape index (κ3) is 3.83. The van der Waals surface area contributed by atoms with Crippen molar-refractivity contribution in [3.63, 3.8) is 0 Å². The van der Waals surface area contributed by atoms with Gasteiger partial charge in [-0.05, 0) is 54.7 Å². The van der Waals surface area contributed by atoms with Crippen molar-refractivity contribution >= 4 is 22.5 Å². The number of carbonyl (C=O) groups is 1. The Kier molecular flexibility index (Phi) is 5.35. The Bertz CT molecular complexity index is 1290. The zero-order chi connectivity index (χ0) is 21.3. The highest BCUT2D eigenvalue weighted by molar-refractivity contribution is 5.88. The van der Waals surface area contributed by atoms with E-state index in [0.717, 1.165) is 17.5 Å². The molecule has 0 spiro atoms. The topological polar surface area (TPSA) is 78.5 Å².